The third-order valence-electron chi connectivity index (χ3n) is 6.01. The van der Waals surface area contributed by atoms with Gasteiger partial charge in [-0.05, 0) is 73.5 Å². The van der Waals surface area contributed by atoms with Crippen LogP contribution in [0, 0.1) is 20.8 Å². The average molecular weight is 457 g/mol. The molecule has 2 aromatic heterocycles. The van der Waals surface area contributed by atoms with Gasteiger partial charge in [0.2, 0.25) is 5.82 Å². The zero-order valence-corrected chi connectivity index (χ0v) is 19.7. The van der Waals surface area contributed by atoms with E-state index in [1.807, 2.05) is 61.7 Å². The third kappa shape index (κ3) is 3.85. The lowest BCUT2D eigenvalue weighted by Crippen LogP contribution is -2.46. The van der Waals surface area contributed by atoms with E-state index in [2.05, 4.69) is 36.5 Å². The summed E-state index contributed by atoms with van der Waals surface area (Å²) in [5, 5.41) is 9.37. The van der Waals surface area contributed by atoms with Crippen molar-refractivity contribution in [2.75, 3.05) is 4.90 Å². The number of thiophene rings is 1. The molecule has 7 heteroatoms. The van der Waals surface area contributed by atoms with Gasteiger partial charge in [-0.15, -0.1) is 11.3 Å². The Hall–Kier alpha value is -3.71. The van der Waals surface area contributed by atoms with Crippen molar-refractivity contribution in [1.82, 2.24) is 15.5 Å². The number of rotatable bonds is 4. The van der Waals surface area contributed by atoms with Crippen molar-refractivity contribution < 1.29 is 9.32 Å². The van der Waals surface area contributed by atoms with E-state index in [1.54, 1.807) is 16.2 Å². The van der Waals surface area contributed by atoms with E-state index in [9.17, 15) is 4.79 Å². The predicted octanol–water partition coefficient (Wildman–Crippen LogP) is 6.43. The number of aromatic nitrogens is 2. The number of hydrogen-bond donors (Lipinski definition) is 1. The summed E-state index contributed by atoms with van der Waals surface area (Å²) in [6.07, 6.45) is 0. The maximum atomic E-state index is 13.3. The molecular formula is C26H24N4O2S. The molecule has 4 aromatic rings. The van der Waals surface area contributed by atoms with Crippen LogP contribution in [0.2, 0.25) is 0 Å². The van der Waals surface area contributed by atoms with Crippen LogP contribution >= 0.6 is 11.3 Å². The number of aryl methyl sites for hydroxylation is 3. The molecule has 0 bridgehead atoms. The Morgan fingerprint density at radius 1 is 1.00 bits per heavy atom. The third-order valence-corrected chi connectivity index (χ3v) is 6.87. The van der Waals surface area contributed by atoms with Crippen LogP contribution in [0.4, 0.5) is 10.5 Å². The van der Waals surface area contributed by atoms with Gasteiger partial charge in [-0.2, -0.15) is 4.98 Å². The second kappa shape index (κ2) is 8.33. The highest BCUT2D eigenvalue weighted by Gasteiger charge is 2.36. The molecule has 33 heavy (non-hydrogen) atoms. The Labute approximate surface area is 196 Å². The quantitative estimate of drug-likeness (QED) is 0.384. The van der Waals surface area contributed by atoms with Gasteiger partial charge in [-0.3, -0.25) is 4.90 Å². The number of carbonyl (C=O) groups excluding carboxylic acids is 1. The van der Waals surface area contributed by atoms with Crippen molar-refractivity contribution in [3.05, 3.63) is 93.8 Å². The number of anilines is 1. The molecule has 2 aromatic carbocycles. The SMILES string of the molecule is CC1=C(c2nc(-c3cccs3)no2)C(c2ccc(C)c(C)c2)NC(=O)N1c1cccc(C)c1. The highest BCUT2D eigenvalue weighted by atomic mass is 32.1. The lowest BCUT2D eigenvalue weighted by molar-refractivity contribution is 0.244. The largest absolute Gasteiger partial charge is 0.334 e. The summed E-state index contributed by atoms with van der Waals surface area (Å²) in [5.74, 6) is 0.940. The molecule has 0 spiro atoms. The number of nitrogens with one attached hydrogen (secondary N) is 1. The van der Waals surface area contributed by atoms with E-state index in [1.165, 1.54) is 5.56 Å². The van der Waals surface area contributed by atoms with Gasteiger partial charge in [0.05, 0.1) is 22.2 Å². The molecule has 0 fully saturated rings. The van der Waals surface area contributed by atoms with Gasteiger partial charge >= 0.3 is 6.03 Å². The standard InChI is InChI=1S/C26H24N4O2S/c1-15-7-5-8-20(13-15)30-18(4)22(25-28-24(29-32-25)21-9-6-12-33-21)23(27-26(30)31)19-11-10-16(2)17(3)14-19/h5-14,23H,1-4H3,(H,27,31). The highest BCUT2D eigenvalue weighted by Crippen LogP contribution is 2.39. The van der Waals surface area contributed by atoms with Crippen LogP contribution in [0.25, 0.3) is 16.3 Å². The minimum absolute atomic E-state index is 0.192. The van der Waals surface area contributed by atoms with E-state index in [4.69, 9.17) is 9.51 Å². The first-order valence-electron chi connectivity index (χ1n) is 10.8. The summed E-state index contributed by atoms with van der Waals surface area (Å²) < 4.78 is 5.76. The molecule has 2 amide bonds. The van der Waals surface area contributed by atoms with E-state index < -0.39 is 6.04 Å². The van der Waals surface area contributed by atoms with Crippen LogP contribution < -0.4 is 10.2 Å². The number of carbonyl (C=O) groups is 1. The summed E-state index contributed by atoms with van der Waals surface area (Å²) in [6.45, 7) is 8.08. The lowest BCUT2D eigenvalue weighted by Gasteiger charge is -2.35. The first kappa shape index (κ1) is 21.2. The van der Waals surface area contributed by atoms with Gasteiger partial charge in [0.15, 0.2) is 0 Å². The molecule has 0 radical (unpaired) electrons. The van der Waals surface area contributed by atoms with Crippen molar-refractivity contribution in [2.45, 2.75) is 33.7 Å². The first-order valence-corrected chi connectivity index (χ1v) is 11.6. The fourth-order valence-corrected chi connectivity index (χ4v) is 4.78. The highest BCUT2D eigenvalue weighted by molar-refractivity contribution is 7.13. The summed E-state index contributed by atoms with van der Waals surface area (Å²) in [6, 6.07) is 17.4. The van der Waals surface area contributed by atoms with E-state index in [0.29, 0.717) is 11.7 Å². The molecule has 1 aliphatic rings. The smallest absolute Gasteiger partial charge is 0.326 e. The number of allylic oxidation sites excluding steroid dienone is 1. The normalized spacial score (nSPS) is 16.3. The van der Waals surface area contributed by atoms with Gasteiger partial charge in [0.25, 0.3) is 5.89 Å². The molecule has 0 saturated heterocycles. The van der Waals surface area contributed by atoms with Crippen molar-refractivity contribution in [3.8, 4) is 10.7 Å². The fraction of sp³-hybridized carbons (Fsp3) is 0.192. The zero-order chi connectivity index (χ0) is 23.1. The summed E-state index contributed by atoms with van der Waals surface area (Å²) >= 11 is 1.56. The van der Waals surface area contributed by atoms with E-state index >= 15 is 0 Å². The molecule has 1 atom stereocenters. The molecule has 3 heterocycles. The first-order chi connectivity index (χ1) is 15.9. The van der Waals surface area contributed by atoms with Crippen LogP contribution in [0.1, 0.15) is 41.1 Å². The maximum absolute atomic E-state index is 13.3. The Balaban J connectivity index is 1.68. The number of urea groups is 1. The lowest BCUT2D eigenvalue weighted by atomic mass is 9.92. The van der Waals surface area contributed by atoms with Gasteiger partial charge in [0, 0.05) is 5.70 Å². The molecule has 0 aliphatic carbocycles. The number of nitrogens with zero attached hydrogens (tertiary/aromatic N) is 3. The van der Waals surface area contributed by atoms with Crippen molar-refractivity contribution in [3.63, 3.8) is 0 Å². The average Bonchev–Trinajstić information content (AvgIpc) is 3.47. The number of amides is 2. The van der Waals surface area contributed by atoms with Crippen LogP contribution in [-0.2, 0) is 0 Å². The monoisotopic (exact) mass is 456 g/mol. The van der Waals surface area contributed by atoms with Crippen LogP contribution in [0.3, 0.4) is 0 Å². The fourth-order valence-electron chi connectivity index (χ4n) is 4.13. The summed E-state index contributed by atoms with van der Waals surface area (Å²) in [5.41, 5.74) is 6.74. The second-order valence-corrected chi connectivity index (χ2v) is 9.25. The molecule has 1 N–H and O–H groups in total. The number of benzene rings is 2. The molecule has 1 aliphatic heterocycles. The van der Waals surface area contributed by atoms with Gasteiger partial charge in [-0.25, -0.2) is 4.79 Å². The van der Waals surface area contributed by atoms with Crippen LogP contribution in [-0.4, -0.2) is 16.2 Å². The Morgan fingerprint density at radius 2 is 1.85 bits per heavy atom. The summed E-state index contributed by atoms with van der Waals surface area (Å²) in [7, 11) is 0. The molecule has 1 unspecified atom stereocenters. The van der Waals surface area contributed by atoms with Crippen molar-refractivity contribution in [1.29, 1.82) is 0 Å². The van der Waals surface area contributed by atoms with Crippen molar-refractivity contribution in [2.24, 2.45) is 0 Å². The van der Waals surface area contributed by atoms with Gasteiger partial charge in [-0.1, -0.05) is 41.6 Å². The molecular weight excluding hydrogens is 432 g/mol. The van der Waals surface area contributed by atoms with Crippen LogP contribution in [0.5, 0.6) is 0 Å². The minimum atomic E-state index is -0.408. The predicted molar refractivity (Wildman–Crippen MR) is 131 cm³/mol. The van der Waals surface area contributed by atoms with E-state index in [0.717, 1.165) is 38.5 Å². The molecule has 5 rings (SSSR count). The Bertz CT molecular complexity index is 1370. The Morgan fingerprint density at radius 3 is 2.58 bits per heavy atom. The maximum Gasteiger partial charge on any atom is 0.326 e. The summed E-state index contributed by atoms with van der Waals surface area (Å²) in [4.78, 5) is 20.7. The van der Waals surface area contributed by atoms with Crippen molar-refractivity contribution >= 4 is 28.6 Å². The minimum Gasteiger partial charge on any atom is -0.334 e. The van der Waals surface area contributed by atoms with Gasteiger partial charge in [0.1, 0.15) is 0 Å². The molecule has 166 valence electrons. The topological polar surface area (TPSA) is 71.3 Å². The zero-order valence-electron chi connectivity index (χ0n) is 18.9. The van der Waals surface area contributed by atoms with E-state index in [-0.39, 0.29) is 6.03 Å². The van der Waals surface area contributed by atoms with Gasteiger partial charge < -0.3 is 9.84 Å². The molecule has 0 saturated carbocycles. The second-order valence-electron chi connectivity index (χ2n) is 8.30. The Kier molecular flexibility index (Phi) is 5.34. The van der Waals surface area contributed by atoms with Crippen LogP contribution in [0.15, 0.2) is 70.2 Å². The molecule has 6 nitrogen and oxygen atoms in total. The number of hydrogen-bond acceptors (Lipinski definition) is 5.